The molecule has 3 aromatic carbocycles. The van der Waals surface area contributed by atoms with Crippen molar-refractivity contribution in [3.05, 3.63) is 83.8 Å². The average Bonchev–Trinajstić information content (AvgIpc) is 3.64. The monoisotopic (exact) mass is 619 g/mol. The number of methoxy groups -OCH3 is 1. The number of terminal acetylenes is 1. The van der Waals surface area contributed by atoms with Crippen molar-refractivity contribution in [3.8, 4) is 35.4 Å². The lowest BCUT2D eigenvalue weighted by Crippen LogP contribution is -2.49. The summed E-state index contributed by atoms with van der Waals surface area (Å²) in [5.41, 5.74) is 3.07. The third-order valence-corrected chi connectivity index (χ3v) is 9.38. The van der Waals surface area contributed by atoms with E-state index < -0.39 is 12.0 Å². The number of phenolic OH excluding ortho intramolecular Hbond substituents is 1. The molecule has 3 aliphatic rings. The van der Waals surface area contributed by atoms with Gasteiger partial charge in [0.25, 0.3) is 0 Å². The number of phenols is 1. The van der Waals surface area contributed by atoms with Gasteiger partial charge >= 0.3 is 6.01 Å². The van der Waals surface area contributed by atoms with Crippen molar-refractivity contribution in [2.24, 2.45) is 0 Å². The minimum absolute atomic E-state index is 0.0340. The number of hydrogen-bond donors (Lipinski definition) is 1. The van der Waals surface area contributed by atoms with E-state index in [4.69, 9.17) is 16.1 Å². The smallest absolute Gasteiger partial charge is 0.316 e. The van der Waals surface area contributed by atoms with Crippen molar-refractivity contribution in [2.75, 3.05) is 31.6 Å². The van der Waals surface area contributed by atoms with Gasteiger partial charge in [-0.2, -0.15) is 4.98 Å². The van der Waals surface area contributed by atoms with Crippen LogP contribution >= 0.6 is 0 Å². The third-order valence-electron chi connectivity index (χ3n) is 9.38. The molecule has 3 aliphatic heterocycles. The molecule has 1 N–H and O–H groups in total. The van der Waals surface area contributed by atoms with E-state index in [2.05, 4.69) is 37.8 Å². The van der Waals surface area contributed by atoms with E-state index in [1.54, 1.807) is 30.5 Å². The lowest BCUT2D eigenvalue weighted by atomic mass is 9.94. The number of anilines is 1. The van der Waals surface area contributed by atoms with Crippen LogP contribution in [-0.4, -0.2) is 70.0 Å². The highest BCUT2D eigenvalue weighted by Gasteiger charge is 2.35. The molecule has 7 nitrogen and oxygen atoms in total. The summed E-state index contributed by atoms with van der Waals surface area (Å²) in [5, 5.41) is 12.4. The number of alkyl halides is 1. The fourth-order valence-corrected chi connectivity index (χ4v) is 7.06. The van der Waals surface area contributed by atoms with Gasteiger partial charge in [0.2, 0.25) is 0 Å². The zero-order chi connectivity index (χ0) is 31.8. The van der Waals surface area contributed by atoms with Crippen LogP contribution in [-0.2, 0) is 6.42 Å². The van der Waals surface area contributed by atoms with E-state index in [-0.39, 0.29) is 23.4 Å². The van der Waals surface area contributed by atoms with E-state index in [9.17, 15) is 13.9 Å². The third kappa shape index (κ3) is 5.69. The number of ether oxygens (including phenoxy) is 1. The molecule has 3 unspecified atom stereocenters. The van der Waals surface area contributed by atoms with Crippen LogP contribution in [0.25, 0.3) is 32.9 Å². The highest BCUT2D eigenvalue weighted by atomic mass is 19.1. The number of pyridine rings is 1. The van der Waals surface area contributed by atoms with Crippen LogP contribution in [0.15, 0.2) is 66.9 Å². The molecule has 46 heavy (non-hydrogen) atoms. The number of aromatic hydroxyl groups is 1. The molecule has 5 heterocycles. The van der Waals surface area contributed by atoms with Crippen molar-refractivity contribution in [1.29, 1.82) is 0 Å². The van der Waals surface area contributed by atoms with E-state index in [0.29, 0.717) is 40.1 Å². The van der Waals surface area contributed by atoms with Crippen LogP contribution in [0.1, 0.15) is 36.8 Å². The van der Waals surface area contributed by atoms with Crippen LogP contribution in [0.3, 0.4) is 0 Å². The quantitative estimate of drug-likeness (QED) is 0.220. The van der Waals surface area contributed by atoms with Gasteiger partial charge < -0.3 is 14.7 Å². The maximum absolute atomic E-state index is 14.7. The van der Waals surface area contributed by atoms with Crippen molar-refractivity contribution in [1.82, 2.24) is 19.9 Å². The number of fused-ring (bicyclic) bond motifs is 3. The first kappa shape index (κ1) is 29.9. The number of benzene rings is 3. The molecule has 8 rings (SSSR count). The number of nitrogens with zero attached hydrogens (tertiary/aromatic N) is 5. The van der Waals surface area contributed by atoms with E-state index in [1.165, 1.54) is 31.6 Å². The second-order valence-corrected chi connectivity index (χ2v) is 12.2. The van der Waals surface area contributed by atoms with Gasteiger partial charge in [-0.3, -0.25) is 4.90 Å². The first-order chi connectivity index (χ1) is 22.4. The molecule has 0 radical (unpaired) electrons. The highest BCUT2D eigenvalue weighted by Crippen LogP contribution is 2.39. The molecular weight excluding hydrogens is 584 g/mol. The van der Waals surface area contributed by atoms with Crippen LogP contribution in [0.4, 0.5) is 14.6 Å². The number of rotatable bonds is 5. The Balaban J connectivity index is 0.000000321. The lowest BCUT2D eigenvalue weighted by molar-refractivity contribution is 0.292. The zero-order valence-electron chi connectivity index (χ0n) is 25.7. The minimum Gasteiger partial charge on any atom is -0.508 e. The average molecular weight is 620 g/mol. The van der Waals surface area contributed by atoms with E-state index in [0.717, 1.165) is 43.6 Å². The predicted octanol–water partition coefficient (Wildman–Crippen LogP) is 6.69. The first-order valence-corrected chi connectivity index (χ1v) is 15.7. The fraction of sp³-hybridized carbons (Fsp3) is 0.324. The standard InChI is InChI=1S/C30H23FN4O2.C7H12FN/c1-3-22-25(31)10-9-19-14-21(36)15-23(28(19)22)26-16-27-24(17-32-30(34-27)37-2)29(33-26)35-12-11-20(35)13-18-7-5-4-6-8-18;8-6-4-7-2-1-3-9(7)5-6/h1,4-10,14-17,20,36H,11-13H2,2H3;6-7H,1-5H2. The Labute approximate surface area is 266 Å². The van der Waals surface area contributed by atoms with Crippen LogP contribution in [0.2, 0.25) is 0 Å². The summed E-state index contributed by atoms with van der Waals surface area (Å²) >= 11 is 0. The molecule has 0 spiro atoms. The summed E-state index contributed by atoms with van der Waals surface area (Å²) in [5.74, 6) is 2.74. The first-order valence-electron chi connectivity index (χ1n) is 15.7. The van der Waals surface area contributed by atoms with Gasteiger partial charge in [-0.25, -0.2) is 18.7 Å². The van der Waals surface area contributed by atoms with Crippen molar-refractivity contribution in [2.45, 2.75) is 50.4 Å². The number of hydrogen-bond acceptors (Lipinski definition) is 7. The predicted molar refractivity (Wildman–Crippen MR) is 176 cm³/mol. The van der Waals surface area contributed by atoms with Crippen LogP contribution < -0.4 is 9.64 Å². The summed E-state index contributed by atoms with van der Waals surface area (Å²) in [4.78, 5) is 18.5. The van der Waals surface area contributed by atoms with Gasteiger partial charge in [0, 0.05) is 42.3 Å². The summed E-state index contributed by atoms with van der Waals surface area (Å²) in [6.07, 6.45) is 12.2. The Hall–Kier alpha value is -4.81. The van der Waals surface area contributed by atoms with Gasteiger partial charge in [0.05, 0.1) is 29.3 Å². The second kappa shape index (κ2) is 12.5. The maximum atomic E-state index is 14.7. The molecule has 3 saturated heterocycles. The van der Waals surface area contributed by atoms with Crippen molar-refractivity contribution in [3.63, 3.8) is 0 Å². The molecule has 234 valence electrons. The number of aromatic nitrogens is 3. The SMILES string of the molecule is C#Cc1c(F)ccc2cc(O)cc(-c3cc4nc(OC)ncc4c(N4CCC4Cc4ccccc4)n3)c12.FC1CC2CCCN2C1. The molecule has 3 atom stereocenters. The summed E-state index contributed by atoms with van der Waals surface area (Å²) < 4.78 is 32.6. The van der Waals surface area contributed by atoms with Gasteiger partial charge in [0.1, 0.15) is 23.6 Å². The normalized spacial score (nSPS) is 20.6. The van der Waals surface area contributed by atoms with Crippen LogP contribution in [0, 0.1) is 18.2 Å². The molecule has 0 saturated carbocycles. The molecule has 2 aromatic heterocycles. The Kier molecular flexibility index (Phi) is 8.14. The Morgan fingerprint density at radius 3 is 2.65 bits per heavy atom. The van der Waals surface area contributed by atoms with E-state index in [1.807, 2.05) is 18.2 Å². The number of halogens is 2. The molecular formula is C37H35F2N5O2. The van der Waals surface area contributed by atoms with Gasteiger partial charge in [0.15, 0.2) is 0 Å². The highest BCUT2D eigenvalue weighted by molar-refractivity contribution is 6.03. The summed E-state index contributed by atoms with van der Waals surface area (Å²) in [7, 11) is 1.51. The molecule has 0 bridgehead atoms. The Morgan fingerprint density at radius 1 is 1.07 bits per heavy atom. The van der Waals surface area contributed by atoms with Crippen molar-refractivity contribution < 1.29 is 18.6 Å². The summed E-state index contributed by atoms with van der Waals surface area (Å²) in [6, 6.07) is 19.3. The molecule has 0 aliphatic carbocycles. The largest absolute Gasteiger partial charge is 0.508 e. The molecule has 3 fully saturated rings. The molecule has 5 aromatic rings. The minimum atomic E-state index is -0.518. The molecule has 0 amide bonds. The Morgan fingerprint density at radius 2 is 1.91 bits per heavy atom. The topological polar surface area (TPSA) is 74.6 Å². The van der Waals surface area contributed by atoms with Gasteiger partial charge in [-0.1, -0.05) is 42.3 Å². The molecule has 9 heteroatoms. The zero-order valence-corrected chi connectivity index (χ0v) is 25.7. The van der Waals surface area contributed by atoms with Crippen molar-refractivity contribution >= 4 is 27.5 Å². The summed E-state index contributed by atoms with van der Waals surface area (Å²) in [6.45, 7) is 2.69. The maximum Gasteiger partial charge on any atom is 0.316 e. The lowest BCUT2D eigenvalue weighted by Gasteiger charge is -2.42. The van der Waals surface area contributed by atoms with Crippen LogP contribution in [0.5, 0.6) is 11.8 Å². The second-order valence-electron chi connectivity index (χ2n) is 12.2. The van der Waals surface area contributed by atoms with Gasteiger partial charge in [-0.15, -0.1) is 6.42 Å². The van der Waals surface area contributed by atoms with E-state index >= 15 is 0 Å². The fourth-order valence-electron chi connectivity index (χ4n) is 7.06. The Bertz CT molecular complexity index is 1930. The van der Waals surface area contributed by atoms with Gasteiger partial charge in [-0.05, 0) is 73.9 Å².